The number of benzene rings is 1. The van der Waals surface area contributed by atoms with Crippen molar-refractivity contribution in [3.8, 4) is 0 Å². The zero-order chi connectivity index (χ0) is 14.6. The predicted octanol–water partition coefficient (Wildman–Crippen LogP) is 2.35. The van der Waals surface area contributed by atoms with Gasteiger partial charge < -0.3 is 16.8 Å². The monoisotopic (exact) mass is 265 g/mol. The SMILES string of the molecule is CC1(C)C(Nc2cc(C(N)=O)c(N)cc2F)C1(C)C. The Hall–Kier alpha value is -1.78. The van der Waals surface area contributed by atoms with E-state index < -0.39 is 11.7 Å². The van der Waals surface area contributed by atoms with Crippen LogP contribution in [0.3, 0.4) is 0 Å². The van der Waals surface area contributed by atoms with Crippen LogP contribution in [0.1, 0.15) is 38.1 Å². The summed E-state index contributed by atoms with van der Waals surface area (Å²) in [6.45, 7) is 8.48. The van der Waals surface area contributed by atoms with Crippen LogP contribution in [0, 0.1) is 16.6 Å². The molecule has 0 spiro atoms. The fraction of sp³-hybridized carbons (Fsp3) is 0.500. The summed E-state index contributed by atoms with van der Waals surface area (Å²) in [5, 5.41) is 3.15. The number of halogens is 1. The van der Waals surface area contributed by atoms with Crippen molar-refractivity contribution >= 4 is 17.3 Å². The first-order valence-corrected chi connectivity index (χ1v) is 6.24. The molecule has 5 heteroatoms. The summed E-state index contributed by atoms with van der Waals surface area (Å²) in [7, 11) is 0. The Morgan fingerprint density at radius 3 is 2.21 bits per heavy atom. The van der Waals surface area contributed by atoms with Gasteiger partial charge in [-0.3, -0.25) is 4.79 Å². The molecule has 1 fully saturated rings. The van der Waals surface area contributed by atoms with Gasteiger partial charge >= 0.3 is 0 Å². The molecule has 1 aliphatic carbocycles. The molecule has 2 rings (SSSR count). The topological polar surface area (TPSA) is 81.1 Å². The van der Waals surface area contributed by atoms with Gasteiger partial charge in [0.2, 0.25) is 0 Å². The van der Waals surface area contributed by atoms with Gasteiger partial charge in [-0.25, -0.2) is 4.39 Å². The Kier molecular flexibility index (Phi) is 2.77. The maximum Gasteiger partial charge on any atom is 0.250 e. The first-order valence-electron chi connectivity index (χ1n) is 6.24. The third-order valence-electron chi connectivity index (χ3n) is 4.73. The quantitative estimate of drug-likeness (QED) is 0.734. The molecule has 0 aromatic heterocycles. The summed E-state index contributed by atoms with van der Waals surface area (Å²) in [6, 6.07) is 2.65. The molecule has 1 aromatic carbocycles. The number of primary amides is 1. The standard InChI is InChI=1S/C14H20FN3O/c1-13(2)12(14(13,3)4)18-10-5-7(11(17)19)9(16)6-8(10)15/h5-6,12,18H,16H2,1-4H3,(H2,17,19). The summed E-state index contributed by atoms with van der Waals surface area (Å²) in [4.78, 5) is 11.2. The summed E-state index contributed by atoms with van der Waals surface area (Å²) >= 11 is 0. The van der Waals surface area contributed by atoms with E-state index in [0.29, 0.717) is 0 Å². The first-order chi connectivity index (χ1) is 8.59. The van der Waals surface area contributed by atoms with E-state index in [-0.39, 0.29) is 33.8 Å². The number of carbonyl (C=O) groups is 1. The molecule has 4 nitrogen and oxygen atoms in total. The van der Waals surface area contributed by atoms with Gasteiger partial charge in [-0.15, -0.1) is 0 Å². The van der Waals surface area contributed by atoms with Crippen LogP contribution < -0.4 is 16.8 Å². The average molecular weight is 265 g/mol. The van der Waals surface area contributed by atoms with Crippen LogP contribution in [0.5, 0.6) is 0 Å². The second-order valence-corrected chi connectivity index (χ2v) is 6.30. The summed E-state index contributed by atoms with van der Waals surface area (Å²) in [6.07, 6.45) is 0. The number of nitrogens with one attached hydrogen (secondary N) is 1. The zero-order valence-corrected chi connectivity index (χ0v) is 11.7. The summed E-state index contributed by atoms with van der Waals surface area (Å²) in [5.41, 5.74) is 11.4. The van der Waals surface area contributed by atoms with Crippen molar-refractivity contribution in [1.29, 1.82) is 0 Å². The van der Waals surface area contributed by atoms with Crippen molar-refractivity contribution in [3.05, 3.63) is 23.5 Å². The Balaban J connectivity index is 2.32. The second kappa shape index (κ2) is 3.85. The Morgan fingerprint density at radius 1 is 1.26 bits per heavy atom. The van der Waals surface area contributed by atoms with E-state index in [2.05, 4.69) is 33.0 Å². The van der Waals surface area contributed by atoms with E-state index in [1.54, 1.807) is 0 Å². The fourth-order valence-corrected chi connectivity index (χ4v) is 2.63. The van der Waals surface area contributed by atoms with E-state index in [4.69, 9.17) is 11.5 Å². The number of rotatable bonds is 3. The molecule has 0 bridgehead atoms. The Morgan fingerprint density at radius 2 is 1.79 bits per heavy atom. The predicted molar refractivity (Wildman–Crippen MR) is 74.3 cm³/mol. The van der Waals surface area contributed by atoms with Gasteiger partial charge in [-0.2, -0.15) is 0 Å². The minimum absolute atomic E-state index is 0.0601. The number of hydrogen-bond donors (Lipinski definition) is 3. The van der Waals surface area contributed by atoms with E-state index in [0.717, 1.165) is 6.07 Å². The maximum absolute atomic E-state index is 13.9. The lowest BCUT2D eigenvalue weighted by molar-refractivity contribution is 0.100. The largest absolute Gasteiger partial charge is 0.398 e. The molecule has 1 aromatic rings. The van der Waals surface area contributed by atoms with Crippen LogP contribution in [0.25, 0.3) is 0 Å². The highest BCUT2D eigenvalue weighted by atomic mass is 19.1. The van der Waals surface area contributed by atoms with Gasteiger partial charge in [0.05, 0.1) is 11.3 Å². The molecule has 19 heavy (non-hydrogen) atoms. The van der Waals surface area contributed by atoms with E-state index in [1.807, 2.05) is 0 Å². The lowest BCUT2D eigenvalue weighted by atomic mass is 10.0. The molecule has 0 atom stereocenters. The molecule has 0 radical (unpaired) electrons. The van der Waals surface area contributed by atoms with Gasteiger partial charge in [0.1, 0.15) is 5.82 Å². The van der Waals surface area contributed by atoms with E-state index in [1.165, 1.54) is 6.07 Å². The van der Waals surface area contributed by atoms with Crippen LogP contribution in [0.2, 0.25) is 0 Å². The molecule has 0 aliphatic heterocycles. The highest BCUT2D eigenvalue weighted by molar-refractivity contribution is 5.99. The van der Waals surface area contributed by atoms with Crippen LogP contribution in [-0.4, -0.2) is 11.9 Å². The van der Waals surface area contributed by atoms with E-state index >= 15 is 0 Å². The fourth-order valence-electron chi connectivity index (χ4n) is 2.63. The molecule has 1 saturated carbocycles. The number of amides is 1. The van der Waals surface area contributed by atoms with Crippen molar-refractivity contribution in [1.82, 2.24) is 0 Å². The lowest BCUT2D eigenvalue weighted by Crippen LogP contribution is -2.16. The van der Waals surface area contributed by atoms with Crippen molar-refractivity contribution < 1.29 is 9.18 Å². The maximum atomic E-state index is 13.9. The molecule has 5 N–H and O–H groups in total. The Bertz CT molecular complexity index is 538. The highest BCUT2D eigenvalue weighted by Gasteiger charge is 2.65. The van der Waals surface area contributed by atoms with Gasteiger partial charge in [0.25, 0.3) is 5.91 Å². The Labute approximate surface area is 112 Å². The minimum atomic E-state index is -0.658. The van der Waals surface area contributed by atoms with Crippen molar-refractivity contribution in [3.63, 3.8) is 0 Å². The lowest BCUT2D eigenvalue weighted by Gasteiger charge is -2.12. The zero-order valence-electron chi connectivity index (χ0n) is 11.7. The smallest absolute Gasteiger partial charge is 0.250 e. The molecule has 0 unspecified atom stereocenters. The van der Waals surface area contributed by atoms with Gasteiger partial charge in [0, 0.05) is 11.7 Å². The van der Waals surface area contributed by atoms with Crippen LogP contribution >= 0.6 is 0 Å². The molecule has 1 amide bonds. The number of carbonyl (C=O) groups excluding carboxylic acids is 1. The number of hydrogen-bond acceptors (Lipinski definition) is 3. The number of nitrogen functional groups attached to an aromatic ring is 1. The number of anilines is 2. The van der Waals surface area contributed by atoms with Gasteiger partial charge in [-0.1, -0.05) is 27.7 Å². The summed E-state index contributed by atoms with van der Waals surface area (Å²) in [5.74, 6) is -1.13. The molecule has 1 aliphatic rings. The second-order valence-electron chi connectivity index (χ2n) is 6.30. The molecular weight excluding hydrogens is 245 g/mol. The average Bonchev–Trinajstić information content (AvgIpc) is 2.63. The molecular formula is C14H20FN3O. The minimum Gasteiger partial charge on any atom is -0.398 e. The highest BCUT2D eigenvalue weighted by Crippen LogP contribution is 2.63. The van der Waals surface area contributed by atoms with E-state index in [9.17, 15) is 9.18 Å². The van der Waals surface area contributed by atoms with Gasteiger partial charge in [0.15, 0.2) is 0 Å². The normalized spacial score (nSPS) is 20.1. The van der Waals surface area contributed by atoms with Crippen molar-refractivity contribution in [2.24, 2.45) is 16.6 Å². The van der Waals surface area contributed by atoms with Crippen LogP contribution in [-0.2, 0) is 0 Å². The third-order valence-corrected chi connectivity index (χ3v) is 4.73. The number of nitrogens with two attached hydrogens (primary N) is 2. The molecule has 104 valence electrons. The first kappa shape index (κ1) is 13.6. The van der Waals surface area contributed by atoms with Gasteiger partial charge in [-0.05, 0) is 23.0 Å². The van der Waals surface area contributed by atoms with Crippen molar-refractivity contribution in [2.45, 2.75) is 33.7 Å². The van der Waals surface area contributed by atoms with Crippen molar-refractivity contribution in [2.75, 3.05) is 11.1 Å². The third kappa shape index (κ3) is 1.93. The summed E-state index contributed by atoms with van der Waals surface area (Å²) < 4.78 is 13.9. The van der Waals surface area contributed by atoms with Crippen LogP contribution in [0.4, 0.5) is 15.8 Å². The van der Waals surface area contributed by atoms with Crippen LogP contribution in [0.15, 0.2) is 12.1 Å². The molecule has 0 saturated heterocycles. The molecule has 0 heterocycles.